The molecule has 0 saturated carbocycles. The topological polar surface area (TPSA) is 41.9 Å². The van der Waals surface area contributed by atoms with Gasteiger partial charge in [0.25, 0.3) is 0 Å². The Balaban J connectivity index is 1.87. The Morgan fingerprint density at radius 3 is 2.21 bits per heavy atom. The molecule has 4 nitrogen and oxygen atoms in total. The molecule has 6 heteroatoms. The molecule has 0 atom stereocenters. The van der Waals surface area contributed by atoms with Gasteiger partial charge in [0.2, 0.25) is 5.28 Å². The lowest BCUT2D eigenvalue weighted by Gasteiger charge is -2.21. The van der Waals surface area contributed by atoms with Gasteiger partial charge in [-0.3, -0.25) is 0 Å². The molecule has 1 aliphatic rings. The SMILES string of the molecule is Clc1nnc(Cl)c(N2CCc3ccccc3CC2)n1. The van der Waals surface area contributed by atoms with Crippen molar-refractivity contribution in [3.8, 4) is 0 Å². The fourth-order valence-electron chi connectivity index (χ4n) is 2.37. The maximum atomic E-state index is 6.06. The maximum Gasteiger partial charge on any atom is 0.245 e. The Morgan fingerprint density at radius 2 is 1.58 bits per heavy atom. The molecule has 0 spiro atoms. The van der Waals surface area contributed by atoms with Crippen molar-refractivity contribution >= 4 is 29.0 Å². The van der Waals surface area contributed by atoms with E-state index in [4.69, 9.17) is 23.2 Å². The minimum atomic E-state index is 0.126. The Morgan fingerprint density at radius 1 is 0.947 bits per heavy atom. The van der Waals surface area contributed by atoms with Crippen molar-refractivity contribution in [2.45, 2.75) is 12.8 Å². The molecule has 2 heterocycles. The first kappa shape index (κ1) is 12.6. The summed E-state index contributed by atoms with van der Waals surface area (Å²) in [6.45, 7) is 1.71. The molecular weight excluding hydrogens is 283 g/mol. The van der Waals surface area contributed by atoms with Crippen LogP contribution in [0.4, 0.5) is 5.82 Å². The molecule has 2 aromatic rings. The largest absolute Gasteiger partial charge is 0.353 e. The third kappa shape index (κ3) is 2.65. The van der Waals surface area contributed by atoms with Gasteiger partial charge in [0.1, 0.15) is 0 Å². The Labute approximate surface area is 121 Å². The number of fused-ring (bicyclic) bond motifs is 1. The lowest BCUT2D eigenvalue weighted by Crippen LogP contribution is -2.27. The molecule has 0 saturated heterocycles. The Bertz CT molecular complexity index is 576. The summed E-state index contributed by atoms with van der Waals surface area (Å²) in [5.41, 5.74) is 2.77. The van der Waals surface area contributed by atoms with Crippen molar-refractivity contribution in [2.24, 2.45) is 0 Å². The summed E-state index contributed by atoms with van der Waals surface area (Å²) in [6, 6.07) is 8.49. The molecule has 0 amide bonds. The van der Waals surface area contributed by atoms with E-state index in [1.165, 1.54) is 11.1 Å². The second-order valence-corrected chi connectivity index (χ2v) is 5.15. The standard InChI is InChI=1S/C13H12Cl2N4/c14-11-12(16-13(15)18-17-11)19-7-5-9-3-1-2-4-10(9)6-8-19/h1-4H,5-8H2. The zero-order valence-electron chi connectivity index (χ0n) is 10.2. The molecular formula is C13H12Cl2N4. The van der Waals surface area contributed by atoms with E-state index in [0.29, 0.717) is 11.0 Å². The van der Waals surface area contributed by atoms with Gasteiger partial charge in [0.05, 0.1) is 0 Å². The van der Waals surface area contributed by atoms with Crippen LogP contribution in [-0.4, -0.2) is 28.3 Å². The summed E-state index contributed by atoms with van der Waals surface area (Å²) in [5.74, 6) is 0.620. The highest BCUT2D eigenvalue weighted by atomic mass is 35.5. The van der Waals surface area contributed by atoms with Crippen LogP contribution in [-0.2, 0) is 12.8 Å². The van der Waals surface area contributed by atoms with Crippen molar-refractivity contribution < 1.29 is 0 Å². The Kier molecular flexibility index (Phi) is 3.53. The summed E-state index contributed by atoms with van der Waals surface area (Å²) < 4.78 is 0. The minimum absolute atomic E-state index is 0.126. The fourth-order valence-corrected chi connectivity index (χ4v) is 2.68. The van der Waals surface area contributed by atoms with E-state index >= 15 is 0 Å². The summed E-state index contributed by atoms with van der Waals surface area (Å²) in [7, 11) is 0. The number of hydrogen-bond donors (Lipinski definition) is 0. The number of aromatic nitrogens is 3. The van der Waals surface area contributed by atoms with Gasteiger partial charge in [-0.2, -0.15) is 4.98 Å². The van der Waals surface area contributed by atoms with Crippen LogP contribution < -0.4 is 4.90 Å². The first-order valence-electron chi connectivity index (χ1n) is 6.11. The number of rotatable bonds is 1. The number of anilines is 1. The molecule has 0 unspecified atom stereocenters. The van der Waals surface area contributed by atoms with Crippen molar-refractivity contribution in [1.82, 2.24) is 15.2 Å². The van der Waals surface area contributed by atoms with Crippen LogP contribution in [0.25, 0.3) is 0 Å². The van der Waals surface area contributed by atoms with E-state index in [9.17, 15) is 0 Å². The minimum Gasteiger partial charge on any atom is -0.353 e. The second kappa shape index (κ2) is 5.31. The lowest BCUT2D eigenvalue weighted by atomic mass is 10.0. The van der Waals surface area contributed by atoms with Gasteiger partial charge in [0, 0.05) is 13.1 Å². The van der Waals surface area contributed by atoms with E-state index in [2.05, 4.69) is 44.3 Å². The average Bonchev–Trinajstić information content (AvgIpc) is 2.64. The molecule has 0 aliphatic carbocycles. The van der Waals surface area contributed by atoms with Gasteiger partial charge in [-0.25, -0.2) is 0 Å². The molecule has 0 radical (unpaired) electrons. The fraction of sp³-hybridized carbons (Fsp3) is 0.308. The van der Waals surface area contributed by atoms with Crippen LogP contribution in [0, 0.1) is 0 Å². The van der Waals surface area contributed by atoms with Crippen LogP contribution in [0.3, 0.4) is 0 Å². The molecule has 3 rings (SSSR count). The summed E-state index contributed by atoms with van der Waals surface area (Å²) in [6.07, 6.45) is 1.93. The monoisotopic (exact) mass is 294 g/mol. The van der Waals surface area contributed by atoms with Crippen molar-refractivity contribution in [2.75, 3.05) is 18.0 Å². The van der Waals surface area contributed by atoms with Crippen molar-refractivity contribution in [3.63, 3.8) is 0 Å². The van der Waals surface area contributed by atoms with Crippen LogP contribution in [0.15, 0.2) is 24.3 Å². The number of nitrogens with zero attached hydrogens (tertiary/aromatic N) is 4. The molecule has 1 aliphatic heterocycles. The normalized spacial score (nSPS) is 14.9. The highest BCUT2D eigenvalue weighted by Gasteiger charge is 2.18. The highest BCUT2D eigenvalue weighted by Crippen LogP contribution is 2.24. The molecule has 19 heavy (non-hydrogen) atoms. The average molecular weight is 295 g/mol. The quantitative estimate of drug-likeness (QED) is 0.811. The highest BCUT2D eigenvalue weighted by molar-refractivity contribution is 6.32. The second-order valence-electron chi connectivity index (χ2n) is 4.45. The lowest BCUT2D eigenvalue weighted by molar-refractivity contribution is 0.778. The van der Waals surface area contributed by atoms with Gasteiger partial charge in [-0.15, -0.1) is 10.2 Å². The van der Waals surface area contributed by atoms with E-state index in [-0.39, 0.29) is 5.28 Å². The smallest absolute Gasteiger partial charge is 0.245 e. The van der Waals surface area contributed by atoms with E-state index in [0.717, 1.165) is 25.9 Å². The van der Waals surface area contributed by atoms with Gasteiger partial charge in [-0.05, 0) is 35.6 Å². The molecule has 1 aromatic heterocycles. The number of benzene rings is 1. The predicted molar refractivity (Wildman–Crippen MR) is 75.9 cm³/mol. The Hall–Kier alpha value is -1.39. The van der Waals surface area contributed by atoms with E-state index < -0.39 is 0 Å². The summed E-state index contributed by atoms with van der Waals surface area (Å²) in [4.78, 5) is 6.30. The number of halogens is 2. The molecule has 1 aromatic carbocycles. The third-order valence-electron chi connectivity index (χ3n) is 3.32. The van der Waals surface area contributed by atoms with Gasteiger partial charge in [-0.1, -0.05) is 35.9 Å². The third-order valence-corrected chi connectivity index (χ3v) is 3.73. The van der Waals surface area contributed by atoms with Crippen LogP contribution in [0.5, 0.6) is 0 Å². The summed E-state index contributed by atoms with van der Waals surface area (Å²) in [5, 5.41) is 7.88. The predicted octanol–water partition coefficient (Wildman–Crippen LogP) is 2.78. The first-order chi connectivity index (χ1) is 9.24. The van der Waals surface area contributed by atoms with Gasteiger partial charge < -0.3 is 4.90 Å². The number of hydrogen-bond acceptors (Lipinski definition) is 4. The molecule has 0 N–H and O–H groups in total. The zero-order valence-corrected chi connectivity index (χ0v) is 11.7. The summed E-state index contributed by atoms with van der Waals surface area (Å²) >= 11 is 11.9. The molecule has 98 valence electrons. The molecule has 0 fully saturated rings. The van der Waals surface area contributed by atoms with Crippen molar-refractivity contribution in [1.29, 1.82) is 0 Å². The van der Waals surface area contributed by atoms with Crippen molar-refractivity contribution in [3.05, 3.63) is 45.8 Å². The first-order valence-corrected chi connectivity index (χ1v) is 6.87. The molecule has 0 bridgehead atoms. The maximum absolute atomic E-state index is 6.06. The zero-order chi connectivity index (χ0) is 13.2. The van der Waals surface area contributed by atoms with Crippen LogP contribution >= 0.6 is 23.2 Å². The van der Waals surface area contributed by atoms with E-state index in [1.54, 1.807) is 0 Å². The van der Waals surface area contributed by atoms with Gasteiger partial charge in [0.15, 0.2) is 11.0 Å². The van der Waals surface area contributed by atoms with Gasteiger partial charge >= 0.3 is 0 Å². The van der Waals surface area contributed by atoms with E-state index in [1.807, 2.05) is 0 Å². The van der Waals surface area contributed by atoms with Crippen LogP contribution in [0.1, 0.15) is 11.1 Å². The van der Waals surface area contributed by atoms with Crippen LogP contribution in [0.2, 0.25) is 10.4 Å².